The molecule has 1 heterocycles. The van der Waals surface area contributed by atoms with Crippen molar-refractivity contribution >= 4 is 35.7 Å². The van der Waals surface area contributed by atoms with E-state index < -0.39 is 9.05 Å². The number of aromatic nitrogens is 2. The molecule has 0 unspecified atom stereocenters. The number of nitrogens with zero attached hydrogens (tertiary/aromatic N) is 2. The summed E-state index contributed by atoms with van der Waals surface area (Å²) in [5, 5.41) is 4.38. The Morgan fingerprint density at radius 2 is 1.95 bits per heavy atom. The predicted octanol–water partition coefficient (Wildman–Crippen LogP) is 3.25. The summed E-state index contributed by atoms with van der Waals surface area (Å²) in [6.45, 7) is 2.36. The normalized spacial score (nSPS) is 11.6. The van der Waals surface area contributed by atoms with Gasteiger partial charge in [0.1, 0.15) is 12.4 Å². The lowest BCUT2D eigenvalue weighted by atomic mass is 10.3. The highest BCUT2D eigenvalue weighted by Gasteiger charge is 2.13. The summed E-state index contributed by atoms with van der Waals surface area (Å²) in [5.74, 6) is 0.560. The van der Waals surface area contributed by atoms with Crippen molar-refractivity contribution in [2.45, 2.75) is 24.8 Å². The van der Waals surface area contributed by atoms with Crippen LogP contribution in [0.4, 0.5) is 0 Å². The average molecular weight is 394 g/mol. The molecule has 0 atom stereocenters. The summed E-state index contributed by atoms with van der Waals surface area (Å²) < 4.78 is 30.7. The van der Waals surface area contributed by atoms with Crippen LogP contribution in [0.3, 0.4) is 0 Å². The van der Waals surface area contributed by atoms with Crippen LogP contribution in [-0.2, 0) is 29.1 Å². The number of benzene rings is 1. The van der Waals surface area contributed by atoms with E-state index in [9.17, 15) is 8.42 Å². The summed E-state index contributed by atoms with van der Waals surface area (Å²) in [6, 6.07) is 5.96. The van der Waals surface area contributed by atoms with Gasteiger partial charge < -0.3 is 4.74 Å². The van der Waals surface area contributed by atoms with Gasteiger partial charge in [-0.05, 0) is 46.6 Å². The van der Waals surface area contributed by atoms with Gasteiger partial charge in [-0.3, -0.25) is 4.68 Å². The third kappa shape index (κ3) is 3.78. The van der Waals surface area contributed by atoms with E-state index in [2.05, 4.69) is 21.0 Å². The van der Waals surface area contributed by atoms with Gasteiger partial charge >= 0.3 is 0 Å². The van der Waals surface area contributed by atoms with Crippen LogP contribution in [0.2, 0.25) is 0 Å². The first-order valence-electron chi connectivity index (χ1n) is 6.20. The first-order valence-corrected chi connectivity index (χ1v) is 9.31. The zero-order valence-corrected chi connectivity index (χ0v) is 14.7. The lowest BCUT2D eigenvalue weighted by Gasteiger charge is -2.07. The van der Waals surface area contributed by atoms with Crippen LogP contribution in [0.5, 0.6) is 5.75 Å². The molecule has 114 valence electrons. The highest BCUT2D eigenvalue weighted by molar-refractivity contribution is 9.10. The van der Waals surface area contributed by atoms with Gasteiger partial charge in [-0.1, -0.05) is 6.92 Å². The fourth-order valence-electron chi connectivity index (χ4n) is 1.83. The molecule has 0 saturated heterocycles. The molecular weight excluding hydrogens is 380 g/mol. The zero-order chi connectivity index (χ0) is 15.6. The molecule has 8 heteroatoms. The molecule has 2 rings (SSSR count). The molecular formula is C13H14BrClN2O3S. The second-order valence-corrected chi connectivity index (χ2v) is 7.74. The Labute approximate surface area is 136 Å². The first-order chi connectivity index (χ1) is 9.82. The summed E-state index contributed by atoms with van der Waals surface area (Å²) in [4.78, 5) is 0.0477. The summed E-state index contributed by atoms with van der Waals surface area (Å²) in [7, 11) is 3.41. The largest absolute Gasteiger partial charge is 0.487 e. The molecule has 0 saturated carbocycles. The van der Waals surface area contributed by atoms with E-state index in [-0.39, 0.29) is 4.90 Å². The average Bonchev–Trinajstić information content (AvgIpc) is 2.70. The van der Waals surface area contributed by atoms with E-state index in [1.807, 2.05) is 14.0 Å². The standard InChI is InChI=1S/C13H14BrClN2O3S/c1-3-11-13(14)12(17(2)16-11)8-20-9-4-6-10(7-5-9)21(15,18)19/h4-7H,3,8H2,1-2H3. The number of rotatable bonds is 5. The van der Waals surface area contributed by atoms with E-state index in [0.717, 1.165) is 22.3 Å². The van der Waals surface area contributed by atoms with Crippen molar-refractivity contribution in [2.24, 2.45) is 7.05 Å². The van der Waals surface area contributed by atoms with Gasteiger partial charge in [-0.15, -0.1) is 0 Å². The van der Waals surface area contributed by atoms with E-state index >= 15 is 0 Å². The minimum absolute atomic E-state index is 0.0477. The molecule has 21 heavy (non-hydrogen) atoms. The zero-order valence-electron chi connectivity index (χ0n) is 11.5. The van der Waals surface area contributed by atoms with Crippen molar-refractivity contribution in [3.8, 4) is 5.75 Å². The van der Waals surface area contributed by atoms with Crippen molar-refractivity contribution in [2.75, 3.05) is 0 Å². The van der Waals surface area contributed by atoms with Crippen LogP contribution in [0, 0.1) is 0 Å². The first kappa shape index (κ1) is 16.3. The van der Waals surface area contributed by atoms with Crippen LogP contribution in [0.1, 0.15) is 18.3 Å². The number of hydrogen-bond acceptors (Lipinski definition) is 4. The maximum atomic E-state index is 11.2. The summed E-state index contributed by atoms with van der Waals surface area (Å²) >= 11 is 3.51. The predicted molar refractivity (Wildman–Crippen MR) is 84.1 cm³/mol. The Hall–Kier alpha value is -1.05. The Morgan fingerprint density at radius 3 is 2.43 bits per heavy atom. The van der Waals surface area contributed by atoms with Gasteiger partial charge in [0.05, 0.1) is 20.8 Å². The lowest BCUT2D eigenvalue weighted by molar-refractivity contribution is 0.294. The second kappa shape index (κ2) is 6.37. The summed E-state index contributed by atoms with van der Waals surface area (Å²) in [6.07, 6.45) is 0.830. The Bertz CT molecular complexity index is 742. The highest BCUT2D eigenvalue weighted by atomic mass is 79.9. The lowest BCUT2D eigenvalue weighted by Crippen LogP contribution is -2.03. The van der Waals surface area contributed by atoms with Crippen LogP contribution >= 0.6 is 26.6 Å². The highest BCUT2D eigenvalue weighted by Crippen LogP contribution is 2.24. The maximum Gasteiger partial charge on any atom is 0.261 e. The number of halogens is 2. The van der Waals surface area contributed by atoms with E-state index in [0.29, 0.717) is 12.4 Å². The fraction of sp³-hybridized carbons (Fsp3) is 0.308. The van der Waals surface area contributed by atoms with Gasteiger partial charge in [-0.2, -0.15) is 5.10 Å². The van der Waals surface area contributed by atoms with Crippen molar-refractivity contribution in [1.82, 2.24) is 9.78 Å². The van der Waals surface area contributed by atoms with E-state index in [1.165, 1.54) is 12.1 Å². The van der Waals surface area contributed by atoms with Gasteiger partial charge in [0.25, 0.3) is 9.05 Å². The number of hydrogen-bond donors (Lipinski definition) is 0. The summed E-state index contributed by atoms with van der Waals surface area (Å²) in [5.41, 5.74) is 1.89. The molecule has 5 nitrogen and oxygen atoms in total. The monoisotopic (exact) mass is 392 g/mol. The van der Waals surface area contributed by atoms with Gasteiger partial charge in [0.2, 0.25) is 0 Å². The number of ether oxygens (including phenoxy) is 1. The fourth-order valence-corrected chi connectivity index (χ4v) is 3.33. The number of aryl methyl sites for hydroxylation is 2. The smallest absolute Gasteiger partial charge is 0.261 e. The van der Waals surface area contributed by atoms with Crippen molar-refractivity contribution in [3.63, 3.8) is 0 Å². The van der Waals surface area contributed by atoms with E-state index in [1.54, 1.807) is 16.8 Å². The third-order valence-corrected chi connectivity index (χ3v) is 5.27. The molecule has 0 fully saturated rings. The molecule has 0 spiro atoms. The quantitative estimate of drug-likeness (QED) is 0.732. The molecule has 0 radical (unpaired) electrons. The van der Waals surface area contributed by atoms with Crippen LogP contribution in [0.25, 0.3) is 0 Å². The Morgan fingerprint density at radius 1 is 1.33 bits per heavy atom. The van der Waals surface area contributed by atoms with Crippen molar-refractivity contribution < 1.29 is 13.2 Å². The van der Waals surface area contributed by atoms with Crippen molar-refractivity contribution in [3.05, 3.63) is 40.1 Å². The molecule has 0 aliphatic heterocycles. The molecule has 0 bridgehead atoms. The van der Waals surface area contributed by atoms with Gasteiger partial charge in [0.15, 0.2) is 0 Å². The SMILES string of the molecule is CCc1nn(C)c(COc2ccc(S(=O)(=O)Cl)cc2)c1Br. The Kier molecular flexibility index (Phi) is 4.95. The third-order valence-electron chi connectivity index (χ3n) is 2.98. The minimum atomic E-state index is -3.71. The molecule has 0 N–H and O–H groups in total. The molecule has 0 amide bonds. The second-order valence-electron chi connectivity index (χ2n) is 4.38. The van der Waals surface area contributed by atoms with Gasteiger partial charge in [-0.25, -0.2) is 8.42 Å². The minimum Gasteiger partial charge on any atom is -0.487 e. The molecule has 1 aromatic heterocycles. The van der Waals surface area contributed by atoms with Crippen molar-refractivity contribution in [1.29, 1.82) is 0 Å². The van der Waals surface area contributed by atoms with E-state index in [4.69, 9.17) is 15.4 Å². The molecule has 2 aromatic rings. The maximum absolute atomic E-state index is 11.2. The topological polar surface area (TPSA) is 61.2 Å². The molecule has 0 aliphatic rings. The van der Waals surface area contributed by atoms with Gasteiger partial charge in [0, 0.05) is 17.7 Å². The van der Waals surface area contributed by atoms with Crippen LogP contribution < -0.4 is 4.74 Å². The molecule has 0 aliphatic carbocycles. The Balaban J connectivity index is 2.12. The van der Waals surface area contributed by atoms with Crippen LogP contribution in [-0.4, -0.2) is 18.2 Å². The molecule has 1 aromatic carbocycles. The van der Waals surface area contributed by atoms with Crippen LogP contribution in [0.15, 0.2) is 33.6 Å².